The first kappa shape index (κ1) is 25.9. The molecular formula is C27H42N4O. The minimum atomic E-state index is 0.537. The number of methoxy groups -OCH3 is 1. The van der Waals surface area contributed by atoms with Gasteiger partial charge in [-0.05, 0) is 82.9 Å². The molecule has 1 aliphatic rings. The molecule has 0 unspecified atom stereocenters. The molecule has 1 saturated heterocycles. The van der Waals surface area contributed by atoms with Crippen LogP contribution < -0.4 is 5.32 Å². The number of benzene rings is 1. The van der Waals surface area contributed by atoms with Crippen molar-refractivity contribution >= 4 is 16.6 Å². The monoisotopic (exact) mass is 438 g/mol. The average molecular weight is 439 g/mol. The number of nitrogens with one attached hydrogen (secondary N) is 2. The van der Waals surface area contributed by atoms with Crippen LogP contribution >= 0.6 is 0 Å². The van der Waals surface area contributed by atoms with Crippen LogP contribution in [-0.4, -0.2) is 54.7 Å². The van der Waals surface area contributed by atoms with E-state index in [0.29, 0.717) is 17.7 Å². The number of allylic oxidation sites excluding steroid dienone is 4. The van der Waals surface area contributed by atoms with Crippen molar-refractivity contribution in [3.8, 4) is 0 Å². The van der Waals surface area contributed by atoms with E-state index in [9.17, 15) is 0 Å². The number of H-pyrrole nitrogens is 1. The molecule has 0 bridgehead atoms. The van der Waals surface area contributed by atoms with Gasteiger partial charge in [-0.15, -0.1) is 0 Å². The molecule has 1 fully saturated rings. The van der Waals surface area contributed by atoms with Crippen molar-refractivity contribution in [1.82, 2.24) is 20.2 Å². The lowest BCUT2D eigenvalue weighted by Crippen LogP contribution is -2.41. The zero-order valence-electron chi connectivity index (χ0n) is 21.1. The third kappa shape index (κ3) is 6.33. The second-order valence-corrected chi connectivity index (χ2v) is 8.32. The highest BCUT2D eigenvalue weighted by Gasteiger charge is 2.23. The minimum absolute atomic E-state index is 0.537. The highest BCUT2D eigenvalue weighted by Crippen LogP contribution is 2.32. The van der Waals surface area contributed by atoms with Crippen molar-refractivity contribution in [2.45, 2.75) is 59.4 Å². The summed E-state index contributed by atoms with van der Waals surface area (Å²) in [6.07, 6.45) is 8.36. The molecule has 1 aromatic carbocycles. The van der Waals surface area contributed by atoms with Crippen LogP contribution in [0.4, 0.5) is 0 Å². The number of rotatable bonds is 8. The van der Waals surface area contributed by atoms with Crippen molar-refractivity contribution in [1.29, 1.82) is 0 Å². The van der Waals surface area contributed by atoms with Crippen LogP contribution in [0.5, 0.6) is 0 Å². The lowest BCUT2D eigenvalue weighted by Gasteiger charge is -2.33. The van der Waals surface area contributed by atoms with E-state index in [1.54, 1.807) is 7.11 Å². The maximum Gasteiger partial charge on any atom is 0.142 e. The van der Waals surface area contributed by atoms with E-state index in [-0.39, 0.29) is 0 Å². The van der Waals surface area contributed by atoms with Gasteiger partial charge in [0.25, 0.3) is 0 Å². The molecule has 3 rings (SSSR count). The van der Waals surface area contributed by atoms with E-state index in [1.165, 1.54) is 24.0 Å². The number of aromatic amines is 1. The Kier molecular flexibility index (Phi) is 10.2. The number of aryl methyl sites for hydroxylation is 1. The summed E-state index contributed by atoms with van der Waals surface area (Å²) in [5.74, 6) is 2.01. The number of likely N-dealkylation sites (tertiary alicyclic amines) is 1. The Bertz CT molecular complexity index is 933. The minimum Gasteiger partial charge on any atom is -0.497 e. The fourth-order valence-corrected chi connectivity index (χ4v) is 4.22. The quantitative estimate of drug-likeness (QED) is 0.404. The lowest BCUT2D eigenvalue weighted by atomic mass is 9.88. The van der Waals surface area contributed by atoms with E-state index in [4.69, 9.17) is 9.72 Å². The van der Waals surface area contributed by atoms with Gasteiger partial charge in [0, 0.05) is 12.6 Å². The Labute approximate surface area is 194 Å². The third-order valence-corrected chi connectivity index (χ3v) is 6.14. The largest absolute Gasteiger partial charge is 0.497 e. The van der Waals surface area contributed by atoms with Crippen molar-refractivity contribution in [2.75, 3.05) is 33.8 Å². The molecule has 1 atom stereocenters. The summed E-state index contributed by atoms with van der Waals surface area (Å²) in [7, 11) is 3.68. The number of piperidine rings is 1. The Morgan fingerprint density at radius 3 is 2.62 bits per heavy atom. The van der Waals surface area contributed by atoms with Gasteiger partial charge in [0.05, 0.1) is 23.7 Å². The molecule has 5 nitrogen and oxygen atoms in total. The molecule has 0 amide bonds. The van der Waals surface area contributed by atoms with E-state index in [0.717, 1.165) is 42.1 Å². The van der Waals surface area contributed by atoms with Crippen LogP contribution in [0.1, 0.15) is 63.4 Å². The number of likely N-dealkylation sites (N-methyl/N-ethyl adjacent to an activating group) is 1. The number of aromatic nitrogens is 2. The van der Waals surface area contributed by atoms with Gasteiger partial charge in [0.1, 0.15) is 11.6 Å². The number of imidazole rings is 1. The van der Waals surface area contributed by atoms with Gasteiger partial charge in [-0.3, -0.25) is 0 Å². The van der Waals surface area contributed by atoms with Gasteiger partial charge < -0.3 is 19.9 Å². The van der Waals surface area contributed by atoms with Gasteiger partial charge >= 0.3 is 0 Å². The van der Waals surface area contributed by atoms with E-state index < -0.39 is 0 Å². The van der Waals surface area contributed by atoms with Gasteiger partial charge in [0.2, 0.25) is 0 Å². The summed E-state index contributed by atoms with van der Waals surface area (Å²) in [6.45, 7) is 17.9. The Hall–Kier alpha value is -2.37. The predicted molar refractivity (Wildman–Crippen MR) is 138 cm³/mol. The van der Waals surface area contributed by atoms with Crippen molar-refractivity contribution in [3.63, 3.8) is 0 Å². The maximum atomic E-state index is 5.39. The zero-order valence-corrected chi connectivity index (χ0v) is 21.1. The lowest BCUT2D eigenvalue weighted by molar-refractivity contribution is 0.197. The molecule has 32 heavy (non-hydrogen) atoms. The molecule has 1 aliphatic heterocycles. The van der Waals surface area contributed by atoms with Crippen molar-refractivity contribution < 1.29 is 4.74 Å². The van der Waals surface area contributed by atoms with Crippen LogP contribution in [-0.2, 0) is 4.74 Å². The molecular weight excluding hydrogens is 396 g/mol. The topological polar surface area (TPSA) is 53.2 Å². The number of hydrogen-bond donors (Lipinski definition) is 2. The number of nitrogens with zero attached hydrogens (tertiary/aromatic N) is 2. The summed E-state index contributed by atoms with van der Waals surface area (Å²) in [5.41, 5.74) is 5.61. The highest BCUT2D eigenvalue weighted by atomic mass is 16.5. The molecule has 0 radical (unpaired) electrons. The Morgan fingerprint density at radius 1 is 1.34 bits per heavy atom. The zero-order chi connectivity index (χ0) is 23.7. The second kappa shape index (κ2) is 12.6. The summed E-state index contributed by atoms with van der Waals surface area (Å²) in [5, 5.41) is 3.34. The number of hydrogen-bond acceptors (Lipinski definition) is 4. The summed E-state index contributed by atoms with van der Waals surface area (Å²) in [4.78, 5) is 10.9. The molecule has 2 aromatic rings. The molecule has 5 heteroatoms. The van der Waals surface area contributed by atoms with Crippen LogP contribution in [0.25, 0.3) is 16.6 Å². The van der Waals surface area contributed by atoms with Gasteiger partial charge in [-0.2, -0.15) is 0 Å². The fraction of sp³-hybridized carbons (Fsp3) is 0.519. The first-order valence-electron chi connectivity index (χ1n) is 11.9. The summed E-state index contributed by atoms with van der Waals surface area (Å²) in [6, 6.07) is 5.15. The Morgan fingerprint density at radius 2 is 2.03 bits per heavy atom. The van der Waals surface area contributed by atoms with Gasteiger partial charge in [-0.1, -0.05) is 38.6 Å². The first-order valence-corrected chi connectivity index (χ1v) is 11.9. The highest BCUT2D eigenvalue weighted by molar-refractivity contribution is 5.85. The van der Waals surface area contributed by atoms with Crippen molar-refractivity contribution in [3.05, 3.63) is 59.7 Å². The maximum absolute atomic E-state index is 5.39. The molecule has 2 N–H and O–H groups in total. The van der Waals surface area contributed by atoms with Crippen LogP contribution in [0.3, 0.4) is 0 Å². The van der Waals surface area contributed by atoms with Crippen LogP contribution in [0.15, 0.2) is 42.7 Å². The molecule has 1 aromatic heterocycles. The van der Waals surface area contributed by atoms with E-state index in [1.807, 2.05) is 46.0 Å². The Balaban J connectivity index is 0.00000176. The molecule has 0 spiro atoms. The van der Waals surface area contributed by atoms with Crippen LogP contribution in [0.2, 0.25) is 0 Å². The number of fused-ring (bicyclic) bond motifs is 1. The van der Waals surface area contributed by atoms with Gasteiger partial charge in [0.15, 0.2) is 0 Å². The normalized spacial score (nSPS) is 16.8. The third-order valence-electron chi connectivity index (χ3n) is 6.14. The van der Waals surface area contributed by atoms with E-state index in [2.05, 4.69) is 47.8 Å². The van der Waals surface area contributed by atoms with E-state index >= 15 is 0 Å². The summed E-state index contributed by atoms with van der Waals surface area (Å²) < 4.78 is 5.39. The molecule has 2 heterocycles. The average Bonchev–Trinajstić information content (AvgIpc) is 3.25. The first-order chi connectivity index (χ1) is 15.5. The second-order valence-electron chi connectivity index (χ2n) is 8.32. The molecule has 0 aliphatic carbocycles. The number of ether oxygens (including phenoxy) is 1. The molecule has 0 saturated carbocycles. The van der Waals surface area contributed by atoms with Gasteiger partial charge in [-0.25, -0.2) is 4.98 Å². The smallest absolute Gasteiger partial charge is 0.142 e. The molecule has 176 valence electrons. The fourth-order valence-electron chi connectivity index (χ4n) is 4.22. The SMILES string of the molecule is C=C(OC)/C(=C\C=C/C)c1nc2c(C)cc(C3CCN(C[C@H](C)NC)CC3)cc2[nH]1.CC. The van der Waals surface area contributed by atoms with Crippen LogP contribution in [0, 0.1) is 6.92 Å². The van der Waals surface area contributed by atoms with Crippen molar-refractivity contribution in [2.24, 2.45) is 0 Å². The standard InChI is InChI=1S/C25H36N4O.C2H6/c1-7-8-9-22(19(4)30-6)25-27-23-15-21(14-17(2)24(23)28-25)20-10-12-29(13-11-20)16-18(3)26-5;1-2/h7-9,14-15,18,20,26H,4,10-13,16H2,1-3,5-6H3,(H,27,28);1-2H3/b8-7-,22-9+;/t18-;/m0./s1. The summed E-state index contributed by atoms with van der Waals surface area (Å²) >= 11 is 0. The predicted octanol–water partition coefficient (Wildman–Crippen LogP) is 5.80.